The van der Waals surface area contributed by atoms with Gasteiger partial charge in [0, 0.05) is 20.2 Å². The molecule has 0 spiro atoms. The molecule has 2 N–H and O–H groups in total. The van der Waals surface area contributed by atoms with Crippen molar-refractivity contribution >= 4 is 10.0 Å². The largest absolute Gasteiger partial charge is 0.383 e. The summed E-state index contributed by atoms with van der Waals surface area (Å²) in [4.78, 5) is 0. The highest BCUT2D eigenvalue weighted by Gasteiger charge is 2.07. The Labute approximate surface area is 79.9 Å². The fourth-order valence-corrected chi connectivity index (χ4v) is 1.71. The summed E-state index contributed by atoms with van der Waals surface area (Å²) in [6.45, 7) is 3.95. The minimum absolute atomic E-state index is 0.116. The van der Waals surface area contributed by atoms with E-state index in [2.05, 4.69) is 10.0 Å². The quantitative estimate of drug-likeness (QED) is 0.513. The summed E-state index contributed by atoms with van der Waals surface area (Å²) < 4.78 is 29.5. The molecule has 0 amide bonds. The molecule has 0 rings (SSSR count). The van der Waals surface area contributed by atoms with Gasteiger partial charge in [0.15, 0.2) is 0 Å². The summed E-state index contributed by atoms with van der Waals surface area (Å²) in [5.41, 5.74) is 0. The molecule has 0 radical (unpaired) electrons. The molecule has 0 aliphatic rings. The van der Waals surface area contributed by atoms with Crippen molar-refractivity contribution in [2.45, 2.75) is 6.92 Å². The average molecular weight is 210 g/mol. The highest BCUT2D eigenvalue weighted by Crippen LogP contribution is 1.81. The lowest BCUT2D eigenvalue weighted by Crippen LogP contribution is -2.33. The second kappa shape index (κ2) is 7.25. The van der Waals surface area contributed by atoms with Crippen LogP contribution >= 0.6 is 0 Å². The first kappa shape index (κ1) is 12.8. The van der Waals surface area contributed by atoms with Crippen LogP contribution in [0, 0.1) is 0 Å². The molecule has 0 aliphatic heterocycles. The van der Waals surface area contributed by atoms with Gasteiger partial charge in [0.1, 0.15) is 0 Å². The number of nitrogens with one attached hydrogen (secondary N) is 2. The highest BCUT2D eigenvalue weighted by molar-refractivity contribution is 7.89. The third-order valence-electron chi connectivity index (χ3n) is 1.43. The van der Waals surface area contributed by atoms with Crippen LogP contribution in [-0.2, 0) is 14.8 Å². The number of methoxy groups -OCH3 is 1. The lowest BCUT2D eigenvalue weighted by atomic mass is 10.7. The topological polar surface area (TPSA) is 67.4 Å². The third kappa shape index (κ3) is 8.17. The Morgan fingerprint density at radius 2 is 2.00 bits per heavy atom. The van der Waals surface area contributed by atoms with Gasteiger partial charge in [-0.05, 0) is 6.54 Å². The van der Waals surface area contributed by atoms with Crippen molar-refractivity contribution in [1.82, 2.24) is 10.0 Å². The van der Waals surface area contributed by atoms with Crippen molar-refractivity contribution < 1.29 is 13.2 Å². The van der Waals surface area contributed by atoms with E-state index in [1.165, 1.54) is 7.11 Å². The maximum Gasteiger partial charge on any atom is 0.212 e. The number of hydrogen-bond acceptors (Lipinski definition) is 4. The molecule has 0 aliphatic carbocycles. The summed E-state index contributed by atoms with van der Waals surface area (Å²) in [5.74, 6) is 0.116. The zero-order valence-electron chi connectivity index (χ0n) is 8.17. The van der Waals surface area contributed by atoms with E-state index in [1.54, 1.807) is 0 Å². The molecule has 13 heavy (non-hydrogen) atoms. The monoisotopic (exact) mass is 210 g/mol. The Kier molecular flexibility index (Phi) is 7.16. The SMILES string of the molecule is CCNCCS(=O)(=O)NCCOC. The predicted octanol–water partition coefficient (Wildman–Crippen LogP) is -0.838. The van der Waals surface area contributed by atoms with Gasteiger partial charge in [-0.15, -0.1) is 0 Å². The molecule has 0 fully saturated rings. The van der Waals surface area contributed by atoms with Crippen LogP contribution in [-0.4, -0.2) is 47.5 Å². The zero-order valence-corrected chi connectivity index (χ0v) is 8.99. The first-order valence-electron chi connectivity index (χ1n) is 4.29. The summed E-state index contributed by atoms with van der Waals surface area (Å²) in [6.07, 6.45) is 0. The van der Waals surface area contributed by atoms with E-state index in [9.17, 15) is 8.42 Å². The minimum Gasteiger partial charge on any atom is -0.383 e. The van der Waals surface area contributed by atoms with E-state index < -0.39 is 10.0 Å². The van der Waals surface area contributed by atoms with Crippen molar-refractivity contribution in [3.8, 4) is 0 Å². The Bertz CT molecular complexity index is 188. The highest BCUT2D eigenvalue weighted by atomic mass is 32.2. The molecule has 0 saturated heterocycles. The van der Waals surface area contributed by atoms with Crippen LogP contribution in [0.1, 0.15) is 6.92 Å². The van der Waals surface area contributed by atoms with Gasteiger partial charge in [0.25, 0.3) is 0 Å². The van der Waals surface area contributed by atoms with Crippen LogP contribution in [0.25, 0.3) is 0 Å². The normalized spacial score (nSPS) is 11.8. The predicted molar refractivity (Wildman–Crippen MR) is 52.2 cm³/mol. The molecule has 0 aromatic heterocycles. The fraction of sp³-hybridized carbons (Fsp3) is 1.00. The first-order valence-corrected chi connectivity index (χ1v) is 5.94. The standard InChI is InChI=1S/C7H18N2O3S/c1-3-8-5-7-13(10,11)9-4-6-12-2/h8-9H,3-7H2,1-2H3. The maximum atomic E-state index is 11.2. The van der Waals surface area contributed by atoms with Crippen LogP contribution in [0.4, 0.5) is 0 Å². The molecule has 0 heterocycles. The van der Waals surface area contributed by atoms with Crippen LogP contribution in [0.2, 0.25) is 0 Å². The minimum atomic E-state index is -3.12. The second-order valence-corrected chi connectivity index (χ2v) is 4.49. The Morgan fingerprint density at radius 1 is 1.31 bits per heavy atom. The van der Waals surface area contributed by atoms with E-state index in [0.29, 0.717) is 19.7 Å². The van der Waals surface area contributed by atoms with Crippen LogP contribution in [0.5, 0.6) is 0 Å². The lowest BCUT2D eigenvalue weighted by molar-refractivity contribution is 0.204. The Balaban J connectivity index is 3.55. The van der Waals surface area contributed by atoms with Gasteiger partial charge in [-0.25, -0.2) is 13.1 Å². The average Bonchev–Trinajstić information content (AvgIpc) is 2.05. The number of ether oxygens (including phenoxy) is 1. The number of sulfonamides is 1. The van der Waals surface area contributed by atoms with Gasteiger partial charge in [0.2, 0.25) is 10.0 Å². The van der Waals surface area contributed by atoms with E-state index >= 15 is 0 Å². The smallest absolute Gasteiger partial charge is 0.212 e. The van der Waals surface area contributed by atoms with Crippen molar-refractivity contribution in [2.75, 3.05) is 39.1 Å². The summed E-state index contributed by atoms with van der Waals surface area (Å²) in [6, 6.07) is 0. The van der Waals surface area contributed by atoms with Gasteiger partial charge < -0.3 is 10.1 Å². The molecule has 0 aromatic rings. The fourth-order valence-electron chi connectivity index (χ4n) is 0.755. The molecule has 6 heteroatoms. The number of rotatable bonds is 8. The van der Waals surface area contributed by atoms with Gasteiger partial charge >= 0.3 is 0 Å². The lowest BCUT2D eigenvalue weighted by Gasteiger charge is -2.05. The van der Waals surface area contributed by atoms with Crippen molar-refractivity contribution in [2.24, 2.45) is 0 Å². The molecular weight excluding hydrogens is 192 g/mol. The summed E-state index contributed by atoms with van der Waals surface area (Å²) in [7, 11) is -1.58. The second-order valence-electron chi connectivity index (χ2n) is 2.56. The molecule has 0 aromatic carbocycles. The molecule has 0 saturated carbocycles. The van der Waals surface area contributed by atoms with Crippen molar-refractivity contribution in [3.63, 3.8) is 0 Å². The van der Waals surface area contributed by atoms with Crippen molar-refractivity contribution in [1.29, 1.82) is 0 Å². The summed E-state index contributed by atoms with van der Waals surface area (Å²) >= 11 is 0. The van der Waals surface area contributed by atoms with Gasteiger partial charge in [0.05, 0.1) is 12.4 Å². The van der Waals surface area contributed by atoms with Crippen LogP contribution in [0.3, 0.4) is 0 Å². The van der Waals surface area contributed by atoms with E-state index in [0.717, 1.165) is 6.54 Å². The van der Waals surface area contributed by atoms with Gasteiger partial charge in [-0.3, -0.25) is 0 Å². The van der Waals surface area contributed by atoms with Gasteiger partial charge in [-0.2, -0.15) is 0 Å². The van der Waals surface area contributed by atoms with E-state index in [1.807, 2.05) is 6.92 Å². The molecule has 80 valence electrons. The van der Waals surface area contributed by atoms with Crippen LogP contribution in [0.15, 0.2) is 0 Å². The number of hydrogen-bond donors (Lipinski definition) is 2. The molecular formula is C7H18N2O3S. The first-order chi connectivity index (χ1) is 6.12. The molecule has 0 bridgehead atoms. The molecule has 5 nitrogen and oxygen atoms in total. The van der Waals surface area contributed by atoms with Gasteiger partial charge in [-0.1, -0.05) is 6.92 Å². The Hall–Kier alpha value is -0.170. The Morgan fingerprint density at radius 3 is 2.54 bits per heavy atom. The van der Waals surface area contributed by atoms with Crippen LogP contribution < -0.4 is 10.0 Å². The maximum absolute atomic E-state index is 11.2. The van der Waals surface area contributed by atoms with E-state index in [-0.39, 0.29) is 5.75 Å². The third-order valence-corrected chi connectivity index (χ3v) is 2.81. The molecule has 0 unspecified atom stereocenters. The van der Waals surface area contributed by atoms with Crippen molar-refractivity contribution in [3.05, 3.63) is 0 Å². The summed E-state index contributed by atoms with van der Waals surface area (Å²) in [5, 5.41) is 2.94. The van der Waals surface area contributed by atoms with E-state index in [4.69, 9.17) is 4.74 Å². The zero-order chi connectivity index (χ0) is 10.2. The molecule has 0 atom stereocenters.